The zero-order valence-corrected chi connectivity index (χ0v) is 7.30. The van der Waals surface area contributed by atoms with Gasteiger partial charge in [0.15, 0.2) is 0 Å². The third kappa shape index (κ3) is 1.06. The van der Waals surface area contributed by atoms with Gasteiger partial charge in [0, 0.05) is 19.7 Å². The zero-order valence-electron chi connectivity index (χ0n) is 7.30. The molecule has 68 valence electrons. The molecule has 0 spiro atoms. The molecule has 2 aliphatic rings. The number of hydrogen-bond donors (Lipinski definition) is 1. The second-order valence-corrected chi connectivity index (χ2v) is 3.68. The Morgan fingerprint density at radius 2 is 2.50 bits per heavy atom. The third-order valence-corrected chi connectivity index (χ3v) is 2.71. The maximum absolute atomic E-state index is 11.3. The highest BCUT2D eigenvalue weighted by molar-refractivity contribution is 5.77. The number of hydrogen-bond acceptors (Lipinski definition) is 2. The van der Waals surface area contributed by atoms with Gasteiger partial charge in [-0.25, -0.2) is 4.79 Å². The minimum Gasteiger partial charge on any atom is -0.379 e. The van der Waals surface area contributed by atoms with Gasteiger partial charge >= 0.3 is 6.03 Å². The summed E-state index contributed by atoms with van der Waals surface area (Å²) in [6.07, 6.45) is 0.959. The largest absolute Gasteiger partial charge is 0.379 e. The van der Waals surface area contributed by atoms with Crippen LogP contribution in [0.25, 0.3) is 0 Å². The lowest BCUT2D eigenvalue weighted by molar-refractivity contribution is 0.115. The summed E-state index contributed by atoms with van der Waals surface area (Å²) in [7, 11) is 0. The van der Waals surface area contributed by atoms with Crippen LogP contribution < -0.4 is 5.32 Å². The highest BCUT2D eigenvalue weighted by Crippen LogP contribution is 2.26. The molecule has 0 aromatic rings. The molecule has 2 fully saturated rings. The summed E-state index contributed by atoms with van der Waals surface area (Å²) in [6.45, 7) is 5.14. The maximum Gasteiger partial charge on any atom is 0.318 e. The molecule has 1 unspecified atom stereocenters. The van der Waals surface area contributed by atoms with Crippen molar-refractivity contribution in [2.45, 2.75) is 18.9 Å². The van der Waals surface area contributed by atoms with E-state index in [2.05, 4.69) is 12.2 Å². The van der Waals surface area contributed by atoms with Crippen LogP contribution >= 0.6 is 0 Å². The normalized spacial score (nSPS) is 35.8. The van der Waals surface area contributed by atoms with Gasteiger partial charge in [0.05, 0.1) is 12.1 Å². The average Bonchev–Trinajstić information content (AvgIpc) is 2.59. The number of carbonyl (C=O) groups is 1. The van der Waals surface area contributed by atoms with Gasteiger partial charge in [0.25, 0.3) is 0 Å². The Balaban J connectivity index is 2.11. The van der Waals surface area contributed by atoms with Crippen molar-refractivity contribution >= 4 is 6.03 Å². The van der Waals surface area contributed by atoms with Crippen LogP contribution in [0.2, 0.25) is 0 Å². The first-order chi connectivity index (χ1) is 5.72. The minimum atomic E-state index is -0.0550. The number of amides is 2. The summed E-state index contributed by atoms with van der Waals surface area (Å²) in [4.78, 5) is 13.2. The Kier molecular flexibility index (Phi) is 1.72. The van der Waals surface area contributed by atoms with Crippen molar-refractivity contribution in [1.29, 1.82) is 0 Å². The van der Waals surface area contributed by atoms with Gasteiger partial charge in [0.1, 0.15) is 0 Å². The Morgan fingerprint density at radius 1 is 1.67 bits per heavy atom. The summed E-state index contributed by atoms with van der Waals surface area (Å²) in [5.41, 5.74) is -0.0550. The lowest BCUT2D eigenvalue weighted by atomic mass is 10.00. The van der Waals surface area contributed by atoms with Crippen molar-refractivity contribution < 1.29 is 9.53 Å². The number of urea groups is 1. The van der Waals surface area contributed by atoms with E-state index in [1.165, 1.54) is 0 Å². The van der Waals surface area contributed by atoms with E-state index in [9.17, 15) is 4.79 Å². The fraction of sp³-hybridized carbons (Fsp3) is 0.875. The Bertz CT molecular complexity index is 199. The van der Waals surface area contributed by atoms with E-state index in [0.717, 1.165) is 26.1 Å². The Morgan fingerprint density at radius 3 is 3.00 bits per heavy atom. The van der Waals surface area contributed by atoms with E-state index >= 15 is 0 Å². The zero-order chi connectivity index (χ0) is 8.60. The first-order valence-corrected chi connectivity index (χ1v) is 4.36. The molecule has 1 atom stereocenters. The van der Waals surface area contributed by atoms with E-state index in [-0.39, 0.29) is 11.6 Å². The maximum atomic E-state index is 11.3. The molecule has 0 bridgehead atoms. The van der Waals surface area contributed by atoms with Gasteiger partial charge < -0.3 is 15.0 Å². The lowest BCUT2D eigenvalue weighted by Gasteiger charge is -2.32. The van der Waals surface area contributed by atoms with Crippen LogP contribution in [0.3, 0.4) is 0 Å². The highest BCUT2D eigenvalue weighted by atomic mass is 16.5. The first kappa shape index (κ1) is 7.86. The van der Waals surface area contributed by atoms with E-state index in [4.69, 9.17) is 4.74 Å². The third-order valence-electron chi connectivity index (χ3n) is 2.71. The Labute approximate surface area is 71.9 Å². The monoisotopic (exact) mass is 170 g/mol. The second kappa shape index (κ2) is 2.62. The summed E-state index contributed by atoms with van der Waals surface area (Å²) >= 11 is 0. The predicted octanol–water partition coefficient (Wildman–Crippen LogP) is 0.191. The van der Waals surface area contributed by atoms with Crippen LogP contribution in [0.1, 0.15) is 13.3 Å². The summed E-state index contributed by atoms with van der Waals surface area (Å²) < 4.78 is 5.30. The smallest absolute Gasteiger partial charge is 0.318 e. The van der Waals surface area contributed by atoms with Crippen molar-refractivity contribution in [1.82, 2.24) is 10.2 Å². The highest BCUT2D eigenvalue weighted by Gasteiger charge is 2.40. The second-order valence-electron chi connectivity index (χ2n) is 3.68. The van der Waals surface area contributed by atoms with Gasteiger partial charge in [-0.1, -0.05) is 0 Å². The van der Waals surface area contributed by atoms with E-state index < -0.39 is 0 Å². The van der Waals surface area contributed by atoms with Crippen LogP contribution in [0, 0.1) is 0 Å². The minimum absolute atomic E-state index is 0.0550. The van der Waals surface area contributed by atoms with Crippen molar-refractivity contribution in [2.24, 2.45) is 0 Å². The number of nitrogens with zero attached hydrogens (tertiary/aromatic N) is 1. The summed E-state index contributed by atoms with van der Waals surface area (Å²) in [5, 5.41) is 2.80. The molecule has 2 saturated heterocycles. The van der Waals surface area contributed by atoms with E-state index in [1.807, 2.05) is 4.90 Å². The number of rotatable bonds is 1. The van der Waals surface area contributed by atoms with Crippen LogP contribution in [-0.4, -0.2) is 42.8 Å². The van der Waals surface area contributed by atoms with Crippen LogP contribution in [0.5, 0.6) is 0 Å². The standard InChI is InChI=1S/C8H14N2O2/c1-8(2-5-12-6-8)10-4-3-9-7(10)11/h2-6H2,1H3,(H,9,11). The van der Waals surface area contributed by atoms with Crippen molar-refractivity contribution in [3.63, 3.8) is 0 Å². The molecule has 4 heteroatoms. The molecule has 0 aromatic carbocycles. The number of ether oxygens (including phenoxy) is 1. The fourth-order valence-corrected chi connectivity index (χ4v) is 1.86. The van der Waals surface area contributed by atoms with Crippen molar-refractivity contribution in [3.05, 3.63) is 0 Å². The van der Waals surface area contributed by atoms with Crippen molar-refractivity contribution in [2.75, 3.05) is 26.3 Å². The van der Waals surface area contributed by atoms with Gasteiger partial charge in [-0.05, 0) is 13.3 Å². The van der Waals surface area contributed by atoms with Gasteiger partial charge in [0.2, 0.25) is 0 Å². The summed E-state index contributed by atoms with van der Waals surface area (Å²) in [5.74, 6) is 0. The Hall–Kier alpha value is -0.770. The average molecular weight is 170 g/mol. The molecule has 2 heterocycles. The van der Waals surface area contributed by atoms with E-state index in [1.54, 1.807) is 0 Å². The van der Waals surface area contributed by atoms with E-state index in [0.29, 0.717) is 6.61 Å². The molecule has 0 aliphatic carbocycles. The molecule has 0 aromatic heterocycles. The molecule has 2 amide bonds. The first-order valence-electron chi connectivity index (χ1n) is 4.36. The topological polar surface area (TPSA) is 41.6 Å². The molecular formula is C8H14N2O2. The lowest BCUT2D eigenvalue weighted by Crippen LogP contribution is -2.48. The summed E-state index contributed by atoms with van der Waals surface area (Å²) in [6, 6.07) is 0.0583. The molecule has 4 nitrogen and oxygen atoms in total. The van der Waals surface area contributed by atoms with Gasteiger partial charge in [-0.15, -0.1) is 0 Å². The molecular weight excluding hydrogens is 156 g/mol. The molecule has 0 radical (unpaired) electrons. The number of carbonyl (C=O) groups excluding carboxylic acids is 1. The van der Waals surface area contributed by atoms with Gasteiger partial charge in [-0.3, -0.25) is 0 Å². The van der Waals surface area contributed by atoms with Crippen molar-refractivity contribution in [3.8, 4) is 0 Å². The number of nitrogens with one attached hydrogen (secondary N) is 1. The van der Waals surface area contributed by atoms with Gasteiger partial charge in [-0.2, -0.15) is 0 Å². The fourth-order valence-electron chi connectivity index (χ4n) is 1.86. The molecule has 2 aliphatic heterocycles. The predicted molar refractivity (Wildman–Crippen MR) is 43.9 cm³/mol. The molecule has 12 heavy (non-hydrogen) atoms. The van der Waals surface area contributed by atoms with Crippen LogP contribution in [0.15, 0.2) is 0 Å². The molecule has 2 rings (SSSR count). The molecule has 1 N–H and O–H groups in total. The quantitative estimate of drug-likeness (QED) is 0.610. The van der Waals surface area contributed by atoms with Crippen LogP contribution in [0.4, 0.5) is 4.79 Å². The SMILES string of the molecule is CC1(N2CCNC2=O)CCOC1. The molecule has 0 saturated carbocycles. The van der Waals surface area contributed by atoms with Crippen LogP contribution in [-0.2, 0) is 4.74 Å².